The van der Waals surface area contributed by atoms with Gasteiger partial charge in [0.1, 0.15) is 0 Å². The molecule has 1 unspecified atom stereocenters. The largest absolute Gasteiger partial charge is 0.365 e. The summed E-state index contributed by atoms with van der Waals surface area (Å²) in [6.45, 7) is 1.95. The highest BCUT2D eigenvalue weighted by Gasteiger charge is 2.22. The molecule has 2 heteroatoms. The lowest BCUT2D eigenvalue weighted by Gasteiger charge is -2.01. The summed E-state index contributed by atoms with van der Waals surface area (Å²) in [5.74, 6) is 0. The van der Waals surface area contributed by atoms with Gasteiger partial charge in [0, 0.05) is 0 Å². The second-order valence-electron chi connectivity index (χ2n) is 1.93. The molecule has 0 radical (unpaired) electrons. The molecule has 0 aromatic rings. The summed E-state index contributed by atoms with van der Waals surface area (Å²) in [5.41, 5.74) is 0.132. The standard InChI is InChI=1S/C5H10OS/c1-4(7)6-5-2-3-5/h4-5,7H,2-3H2,1H3. The average molecular weight is 118 g/mol. The van der Waals surface area contributed by atoms with Gasteiger partial charge in [0.2, 0.25) is 0 Å². The van der Waals surface area contributed by atoms with Gasteiger partial charge in [0.25, 0.3) is 0 Å². The van der Waals surface area contributed by atoms with E-state index >= 15 is 0 Å². The second-order valence-corrected chi connectivity index (χ2v) is 2.66. The van der Waals surface area contributed by atoms with Gasteiger partial charge >= 0.3 is 0 Å². The topological polar surface area (TPSA) is 9.23 Å². The van der Waals surface area contributed by atoms with E-state index in [1.807, 2.05) is 6.92 Å². The monoisotopic (exact) mass is 118 g/mol. The van der Waals surface area contributed by atoms with Crippen molar-refractivity contribution >= 4 is 12.6 Å². The summed E-state index contributed by atoms with van der Waals surface area (Å²) >= 11 is 4.06. The zero-order valence-electron chi connectivity index (χ0n) is 4.42. The molecule has 0 aliphatic heterocycles. The normalized spacial score (nSPS) is 24.9. The van der Waals surface area contributed by atoms with Crippen LogP contribution in [0, 0.1) is 0 Å². The fourth-order valence-electron chi connectivity index (χ4n) is 0.483. The third-order valence-electron chi connectivity index (χ3n) is 0.914. The highest BCUT2D eigenvalue weighted by molar-refractivity contribution is 7.80. The molecule has 0 heterocycles. The summed E-state index contributed by atoms with van der Waals surface area (Å²) in [4.78, 5) is 0. The highest BCUT2D eigenvalue weighted by Crippen LogP contribution is 2.25. The van der Waals surface area contributed by atoms with Crippen LogP contribution in [-0.4, -0.2) is 11.5 Å². The smallest absolute Gasteiger partial charge is 0.0975 e. The third-order valence-corrected chi connectivity index (χ3v) is 1.04. The van der Waals surface area contributed by atoms with E-state index in [1.165, 1.54) is 12.8 Å². The predicted molar refractivity (Wildman–Crippen MR) is 32.6 cm³/mol. The molecule has 42 valence electrons. The predicted octanol–water partition coefficient (Wildman–Crippen LogP) is 1.44. The van der Waals surface area contributed by atoms with Gasteiger partial charge in [0.15, 0.2) is 0 Å². The average Bonchev–Trinajstić information content (AvgIpc) is 2.17. The van der Waals surface area contributed by atoms with Crippen molar-refractivity contribution in [3.05, 3.63) is 0 Å². The van der Waals surface area contributed by atoms with Crippen molar-refractivity contribution < 1.29 is 4.74 Å². The molecule has 1 aliphatic rings. The Bertz CT molecular complexity index is 59.1. The Morgan fingerprint density at radius 3 is 2.43 bits per heavy atom. The molecule has 0 spiro atoms. The molecule has 7 heavy (non-hydrogen) atoms. The Morgan fingerprint density at radius 1 is 1.71 bits per heavy atom. The lowest BCUT2D eigenvalue weighted by atomic mass is 10.8. The van der Waals surface area contributed by atoms with E-state index in [2.05, 4.69) is 12.6 Å². The minimum atomic E-state index is 0.132. The zero-order valence-corrected chi connectivity index (χ0v) is 5.32. The number of hydrogen-bond acceptors (Lipinski definition) is 2. The van der Waals surface area contributed by atoms with Gasteiger partial charge in [0.05, 0.1) is 11.5 Å². The van der Waals surface area contributed by atoms with Crippen LogP contribution in [0.3, 0.4) is 0 Å². The molecule has 0 aromatic heterocycles. The maximum atomic E-state index is 5.23. The minimum Gasteiger partial charge on any atom is -0.365 e. The van der Waals surface area contributed by atoms with Crippen molar-refractivity contribution in [1.29, 1.82) is 0 Å². The molecule has 0 bridgehead atoms. The van der Waals surface area contributed by atoms with Crippen LogP contribution in [-0.2, 0) is 4.74 Å². The van der Waals surface area contributed by atoms with Gasteiger partial charge in [-0.15, -0.1) is 12.6 Å². The van der Waals surface area contributed by atoms with Gasteiger partial charge in [-0.05, 0) is 19.8 Å². The van der Waals surface area contributed by atoms with Crippen LogP contribution in [0.25, 0.3) is 0 Å². The number of hydrogen-bond donors (Lipinski definition) is 1. The van der Waals surface area contributed by atoms with Crippen molar-refractivity contribution in [2.45, 2.75) is 31.3 Å². The van der Waals surface area contributed by atoms with Crippen molar-refractivity contribution in [1.82, 2.24) is 0 Å². The van der Waals surface area contributed by atoms with Crippen molar-refractivity contribution in [3.8, 4) is 0 Å². The van der Waals surface area contributed by atoms with Gasteiger partial charge in [-0.2, -0.15) is 0 Å². The van der Waals surface area contributed by atoms with Crippen LogP contribution < -0.4 is 0 Å². The molecule has 0 saturated heterocycles. The third kappa shape index (κ3) is 2.19. The summed E-state index contributed by atoms with van der Waals surface area (Å²) in [6.07, 6.45) is 3.03. The molecule has 0 aromatic carbocycles. The lowest BCUT2D eigenvalue weighted by Crippen LogP contribution is -1.99. The van der Waals surface area contributed by atoms with Gasteiger partial charge in [-0.1, -0.05) is 0 Å². The van der Waals surface area contributed by atoms with Crippen LogP contribution in [0.5, 0.6) is 0 Å². The van der Waals surface area contributed by atoms with Gasteiger partial charge in [-0.25, -0.2) is 0 Å². The Morgan fingerprint density at radius 2 is 2.29 bits per heavy atom. The molecule has 0 amide bonds. The van der Waals surface area contributed by atoms with E-state index in [4.69, 9.17) is 4.74 Å². The fraction of sp³-hybridized carbons (Fsp3) is 1.00. The maximum absolute atomic E-state index is 5.23. The van der Waals surface area contributed by atoms with E-state index in [-0.39, 0.29) is 5.44 Å². The summed E-state index contributed by atoms with van der Waals surface area (Å²) in [6, 6.07) is 0. The number of ether oxygens (including phenoxy) is 1. The van der Waals surface area contributed by atoms with Gasteiger partial charge in [-0.3, -0.25) is 0 Å². The highest BCUT2D eigenvalue weighted by atomic mass is 32.1. The first-order valence-electron chi connectivity index (χ1n) is 2.62. The van der Waals surface area contributed by atoms with Crippen LogP contribution in [0.2, 0.25) is 0 Å². The van der Waals surface area contributed by atoms with E-state index in [1.54, 1.807) is 0 Å². The summed E-state index contributed by atoms with van der Waals surface area (Å²) in [7, 11) is 0. The second kappa shape index (κ2) is 2.05. The summed E-state index contributed by atoms with van der Waals surface area (Å²) in [5, 5.41) is 0. The van der Waals surface area contributed by atoms with E-state index in [0.29, 0.717) is 6.10 Å². The molecule has 1 saturated carbocycles. The molecule has 1 aliphatic carbocycles. The van der Waals surface area contributed by atoms with Crippen LogP contribution in [0.4, 0.5) is 0 Å². The SMILES string of the molecule is CC(S)OC1CC1. The van der Waals surface area contributed by atoms with Crippen molar-refractivity contribution in [2.75, 3.05) is 0 Å². The van der Waals surface area contributed by atoms with E-state index in [9.17, 15) is 0 Å². The molecule has 0 N–H and O–H groups in total. The molecule has 1 rings (SSSR count). The minimum absolute atomic E-state index is 0.132. The first-order chi connectivity index (χ1) is 3.29. The quantitative estimate of drug-likeness (QED) is 0.426. The summed E-state index contributed by atoms with van der Waals surface area (Å²) < 4.78 is 5.23. The van der Waals surface area contributed by atoms with Crippen LogP contribution in [0.1, 0.15) is 19.8 Å². The van der Waals surface area contributed by atoms with Gasteiger partial charge < -0.3 is 4.74 Å². The lowest BCUT2D eigenvalue weighted by molar-refractivity contribution is 0.110. The van der Waals surface area contributed by atoms with Crippen LogP contribution >= 0.6 is 12.6 Å². The first kappa shape index (κ1) is 5.45. The molecule has 1 nitrogen and oxygen atoms in total. The maximum Gasteiger partial charge on any atom is 0.0975 e. The molecular formula is C5H10OS. The number of rotatable bonds is 2. The first-order valence-corrected chi connectivity index (χ1v) is 3.14. The van der Waals surface area contributed by atoms with E-state index < -0.39 is 0 Å². The molecule has 1 fully saturated rings. The Labute approximate surface area is 49.5 Å². The van der Waals surface area contributed by atoms with Crippen molar-refractivity contribution in [3.63, 3.8) is 0 Å². The Balaban J connectivity index is 1.97. The molecular weight excluding hydrogens is 108 g/mol. The molecule has 1 atom stereocenters. The van der Waals surface area contributed by atoms with Crippen molar-refractivity contribution in [2.24, 2.45) is 0 Å². The van der Waals surface area contributed by atoms with Crippen LogP contribution in [0.15, 0.2) is 0 Å². The Kier molecular flexibility index (Phi) is 1.60. The number of thiol groups is 1. The Hall–Kier alpha value is 0.310. The van der Waals surface area contributed by atoms with E-state index in [0.717, 1.165) is 0 Å². The fourth-order valence-corrected chi connectivity index (χ4v) is 0.655. The zero-order chi connectivity index (χ0) is 5.28.